The Balaban J connectivity index is 0.00000220. The fraction of sp³-hybridized carbons (Fsp3) is 0.462. The number of carbonyl (C=O) groups is 1. The Morgan fingerprint density at radius 1 is 1.33 bits per heavy atom. The van der Waals surface area contributed by atoms with Gasteiger partial charge in [0.2, 0.25) is 0 Å². The zero-order valence-corrected chi connectivity index (χ0v) is 13.0. The van der Waals surface area contributed by atoms with Crippen LogP contribution in [0.2, 0.25) is 0 Å². The Labute approximate surface area is 131 Å². The van der Waals surface area contributed by atoms with Gasteiger partial charge in [0.15, 0.2) is 0 Å². The molecule has 1 heterocycles. The largest absolute Gasteiger partial charge is 0.449 e. The van der Waals surface area contributed by atoms with Gasteiger partial charge in [-0.05, 0) is 23.4 Å². The van der Waals surface area contributed by atoms with E-state index in [0.717, 1.165) is 0 Å². The van der Waals surface area contributed by atoms with Crippen LogP contribution in [0.5, 0.6) is 0 Å². The Kier molecular flexibility index (Phi) is 5.44. The van der Waals surface area contributed by atoms with Crippen LogP contribution in [-0.2, 0) is 4.74 Å². The van der Waals surface area contributed by atoms with Crippen molar-refractivity contribution in [3.05, 3.63) is 29.8 Å². The summed E-state index contributed by atoms with van der Waals surface area (Å²) in [5.74, 6) is 0. The molecule has 0 bridgehead atoms. The van der Waals surface area contributed by atoms with E-state index in [1.54, 1.807) is 18.2 Å². The van der Waals surface area contributed by atoms with Crippen LogP contribution in [0.15, 0.2) is 29.2 Å². The molecule has 3 nitrogen and oxygen atoms in total. The van der Waals surface area contributed by atoms with Gasteiger partial charge in [0.05, 0.1) is 6.04 Å². The lowest BCUT2D eigenvalue weighted by molar-refractivity contribution is -0.0329. The molecule has 1 N–H and O–H groups in total. The van der Waals surface area contributed by atoms with Crippen molar-refractivity contribution in [2.45, 2.75) is 30.3 Å². The molecule has 2 rings (SSSR count). The molecule has 21 heavy (non-hydrogen) atoms. The van der Waals surface area contributed by atoms with E-state index in [-0.39, 0.29) is 35.7 Å². The third kappa shape index (κ3) is 4.44. The number of alkyl halides is 3. The smallest absolute Gasteiger partial charge is 0.446 e. The van der Waals surface area contributed by atoms with E-state index in [4.69, 9.17) is 4.74 Å². The minimum atomic E-state index is -4.37. The molecular formula is C13H15ClF3NO2S. The summed E-state index contributed by atoms with van der Waals surface area (Å²) in [6.45, 7) is 3.84. The van der Waals surface area contributed by atoms with E-state index in [2.05, 4.69) is 5.32 Å². The average molecular weight is 342 g/mol. The molecule has 1 saturated heterocycles. The maximum atomic E-state index is 12.6. The lowest BCUT2D eigenvalue weighted by Crippen LogP contribution is -2.47. The highest BCUT2D eigenvalue weighted by Gasteiger charge is 2.40. The third-order valence-corrected chi connectivity index (χ3v) is 3.90. The van der Waals surface area contributed by atoms with Gasteiger partial charge >= 0.3 is 11.6 Å². The van der Waals surface area contributed by atoms with Crippen molar-refractivity contribution in [1.29, 1.82) is 0 Å². The highest BCUT2D eigenvalue weighted by Crippen LogP contribution is 2.44. The molecule has 0 radical (unpaired) electrons. The Hall–Kier alpha value is -1.08. The maximum absolute atomic E-state index is 12.6. The summed E-state index contributed by atoms with van der Waals surface area (Å²) in [7, 11) is 0. The van der Waals surface area contributed by atoms with E-state index >= 15 is 0 Å². The van der Waals surface area contributed by atoms with Crippen molar-refractivity contribution >= 4 is 30.3 Å². The first-order chi connectivity index (χ1) is 9.19. The van der Waals surface area contributed by atoms with Crippen LogP contribution in [-0.4, -0.2) is 18.2 Å². The van der Waals surface area contributed by atoms with Gasteiger partial charge in [-0.15, -0.1) is 12.4 Å². The number of halogens is 4. The van der Waals surface area contributed by atoms with Crippen molar-refractivity contribution in [1.82, 2.24) is 5.32 Å². The van der Waals surface area contributed by atoms with Crippen LogP contribution in [0.3, 0.4) is 0 Å². The first-order valence-corrected chi connectivity index (χ1v) is 6.79. The van der Waals surface area contributed by atoms with Crippen LogP contribution in [0.25, 0.3) is 0 Å². The molecule has 8 heteroatoms. The molecule has 1 aliphatic heterocycles. The minimum Gasteiger partial charge on any atom is -0.449 e. The number of hydrogen-bond acceptors (Lipinski definition) is 3. The fourth-order valence-corrected chi connectivity index (χ4v) is 2.82. The topological polar surface area (TPSA) is 38.3 Å². The monoisotopic (exact) mass is 341 g/mol. The normalized spacial score (nSPS) is 21.0. The summed E-state index contributed by atoms with van der Waals surface area (Å²) in [5.41, 5.74) is -4.40. The van der Waals surface area contributed by atoms with Gasteiger partial charge in [0.1, 0.15) is 6.61 Å². The van der Waals surface area contributed by atoms with Crippen LogP contribution >= 0.6 is 24.2 Å². The minimum absolute atomic E-state index is 0. The van der Waals surface area contributed by atoms with Gasteiger partial charge in [-0.3, -0.25) is 0 Å². The lowest BCUT2D eigenvalue weighted by atomic mass is 9.80. The van der Waals surface area contributed by atoms with Gasteiger partial charge < -0.3 is 10.1 Å². The molecule has 0 saturated carbocycles. The third-order valence-electron chi connectivity index (χ3n) is 3.07. The summed E-state index contributed by atoms with van der Waals surface area (Å²) >= 11 is -0.169. The zero-order valence-electron chi connectivity index (χ0n) is 11.4. The van der Waals surface area contributed by atoms with Crippen LogP contribution < -0.4 is 5.32 Å². The lowest BCUT2D eigenvalue weighted by Gasteiger charge is -2.39. The SMILES string of the molecule is CC1(C)COC(=O)N[C@@H]1c1ccccc1SC(F)(F)F.Cl. The molecule has 0 unspecified atom stereocenters. The second kappa shape index (κ2) is 6.36. The molecule has 118 valence electrons. The summed E-state index contributed by atoms with van der Waals surface area (Å²) < 4.78 is 42.7. The zero-order chi connectivity index (χ0) is 15.0. The standard InChI is InChI=1S/C13H14F3NO2S.ClH/c1-12(2)7-19-11(18)17-10(12)8-5-3-4-6-9(8)20-13(14,15)16;/h3-6,10H,7H2,1-2H3,(H,17,18);1H/t10-;/m1./s1. The van der Waals surface area contributed by atoms with Crippen molar-refractivity contribution in [2.75, 3.05) is 6.61 Å². The van der Waals surface area contributed by atoms with Crippen molar-refractivity contribution in [2.24, 2.45) is 5.41 Å². The molecular weight excluding hydrogens is 327 g/mol. The van der Waals surface area contributed by atoms with E-state index < -0.39 is 23.1 Å². The molecule has 1 amide bonds. The maximum Gasteiger partial charge on any atom is 0.446 e. The van der Waals surface area contributed by atoms with Gasteiger partial charge in [-0.2, -0.15) is 13.2 Å². The van der Waals surface area contributed by atoms with E-state index in [9.17, 15) is 18.0 Å². The molecule has 1 aromatic rings. The van der Waals surface area contributed by atoms with E-state index in [1.807, 2.05) is 13.8 Å². The number of thioether (sulfide) groups is 1. The number of carbonyl (C=O) groups excluding carboxylic acids is 1. The predicted molar refractivity (Wildman–Crippen MR) is 76.6 cm³/mol. The van der Waals surface area contributed by atoms with Gasteiger partial charge in [-0.1, -0.05) is 32.0 Å². The number of benzene rings is 1. The van der Waals surface area contributed by atoms with Crippen LogP contribution in [0.1, 0.15) is 25.5 Å². The van der Waals surface area contributed by atoms with Crippen molar-refractivity contribution < 1.29 is 22.7 Å². The summed E-state index contributed by atoms with van der Waals surface area (Å²) in [6.07, 6.45) is -0.610. The number of hydrogen-bond donors (Lipinski definition) is 1. The molecule has 0 aliphatic carbocycles. The van der Waals surface area contributed by atoms with E-state index in [1.165, 1.54) is 6.07 Å². The summed E-state index contributed by atoms with van der Waals surface area (Å²) in [6, 6.07) is 5.70. The van der Waals surface area contributed by atoms with Gasteiger partial charge in [-0.25, -0.2) is 4.79 Å². The molecule has 0 spiro atoms. The first kappa shape index (κ1) is 18.0. The van der Waals surface area contributed by atoms with E-state index in [0.29, 0.717) is 5.56 Å². The summed E-state index contributed by atoms with van der Waals surface area (Å²) in [4.78, 5) is 11.5. The highest BCUT2D eigenvalue weighted by molar-refractivity contribution is 8.00. The number of amides is 1. The molecule has 1 aliphatic rings. The van der Waals surface area contributed by atoms with Gasteiger partial charge in [0, 0.05) is 10.3 Å². The fourth-order valence-electron chi connectivity index (χ4n) is 2.13. The van der Waals surface area contributed by atoms with Crippen LogP contribution in [0, 0.1) is 5.41 Å². The van der Waals surface area contributed by atoms with Gasteiger partial charge in [0.25, 0.3) is 0 Å². The van der Waals surface area contributed by atoms with Crippen LogP contribution in [0.4, 0.5) is 18.0 Å². The second-order valence-corrected chi connectivity index (χ2v) is 6.33. The Bertz CT molecular complexity index is 522. The first-order valence-electron chi connectivity index (χ1n) is 5.97. The number of rotatable bonds is 2. The number of nitrogens with one attached hydrogen (secondary N) is 1. The number of alkyl carbamates (subject to hydrolysis) is 1. The Morgan fingerprint density at radius 2 is 1.95 bits per heavy atom. The number of ether oxygens (including phenoxy) is 1. The second-order valence-electron chi connectivity index (χ2n) is 5.23. The quantitative estimate of drug-likeness (QED) is 0.803. The highest BCUT2D eigenvalue weighted by atomic mass is 35.5. The molecule has 1 aromatic carbocycles. The molecule has 0 aromatic heterocycles. The molecule has 1 fully saturated rings. The Morgan fingerprint density at radius 3 is 2.57 bits per heavy atom. The van der Waals surface area contributed by atoms with Crippen molar-refractivity contribution in [3.63, 3.8) is 0 Å². The summed E-state index contributed by atoms with van der Waals surface area (Å²) in [5, 5.41) is 2.61. The predicted octanol–water partition coefficient (Wildman–Crippen LogP) is 4.53. The average Bonchev–Trinajstić information content (AvgIpc) is 2.31. The van der Waals surface area contributed by atoms with Crippen molar-refractivity contribution in [3.8, 4) is 0 Å². The molecule has 1 atom stereocenters. The number of cyclic esters (lactones) is 1.